The van der Waals surface area contributed by atoms with E-state index in [9.17, 15) is 0 Å². The minimum absolute atomic E-state index is 0.392. The third-order valence-electron chi connectivity index (χ3n) is 4.84. The van der Waals surface area contributed by atoms with E-state index in [0.29, 0.717) is 6.42 Å². The molecule has 2 aromatic rings. The van der Waals surface area contributed by atoms with Crippen LogP contribution in [0.25, 0.3) is 5.57 Å². The summed E-state index contributed by atoms with van der Waals surface area (Å²) in [7, 11) is 0. The maximum absolute atomic E-state index is 16.1. The van der Waals surface area contributed by atoms with Crippen molar-refractivity contribution in [2.75, 3.05) is 0 Å². The highest BCUT2D eigenvalue weighted by atomic mass is 19.1. The Labute approximate surface area is 144 Å². The van der Waals surface area contributed by atoms with Gasteiger partial charge in [0.1, 0.15) is 0 Å². The quantitative estimate of drug-likeness (QED) is 0.597. The van der Waals surface area contributed by atoms with Crippen molar-refractivity contribution in [3.05, 3.63) is 89.0 Å². The zero-order chi connectivity index (χ0) is 17.0. The topological polar surface area (TPSA) is 0 Å². The molecule has 0 nitrogen and oxygen atoms in total. The molecule has 124 valence electrons. The average molecular weight is 320 g/mol. The maximum atomic E-state index is 16.1. The Morgan fingerprint density at radius 1 is 1.04 bits per heavy atom. The highest BCUT2D eigenvalue weighted by molar-refractivity contribution is 5.78. The number of alkyl halides is 1. The summed E-state index contributed by atoms with van der Waals surface area (Å²) in [5, 5.41) is 0. The molecule has 0 aliphatic heterocycles. The fourth-order valence-corrected chi connectivity index (χ4v) is 3.56. The first-order valence-electron chi connectivity index (χ1n) is 8.93. The molecule has 1 unspecified atom stereocenters. The van der Waals surface area contributed by atoms with Crippen LogP contribution in [-0.4, -0.2) is 0 Å². The van der Waals surface area contributed by atoms with Crippen molar-refractivity contribution in [3.63, 3.8) is 0 Å². The monoisotopic (exact) mass is 320 g/mol. The zero-order valence-corrected chi connectivity index (χ0v) is 14.6. The Morgan fingerprint density at radius 2 is 1.83 bits per heavy atom. The van der Waals surface area contributed by atoms with Gasteiger partial charge < -0.3 is 0 Å². The third kappa shape index (κ3) is 3.08. The number of hydrogen-bond acceptors (Lipinski definition) is 0. The fourth-order valence-electron chi connectivity index (χ4n) is 3.56. The summed E-state index contributed by atoms with van der Waals surface area (Å²) >= 11 is 0. The second kappa shape index (κ2) is 7.17. The average Bonchev–Trinajstić information content (AvgIpc) is 2.63. The molecule has 1 heteroatoms. The Hall–Kier alpha value is -2.15. The Balaban J connectivity index is 2.09. The summed E-state index contributed by atoms with van der Waals surface area (Å²) < 4.78 is 16.1. The zero-order valence-electron chi connectivity index (χ0n) is 14.6. The second-order valence-electron chi connectivity index (χ2n) is 6.47. The van der Waals surface area contributed by atoms with Crippen LogP contribution in [0.5, 0.6) is 0 Å². The molecule has 0 radical (unpaired) electrons. The first kappa shape index (κ1) is 16.7. The lowest BCUT2D eigenvalue weighted by Crippen LogP contribution is -2.23. The van der Waals surface area contributed by atoms with Gasteiger partial charge in [-0.1, -0.05) is 87.0 Å². The van der Waals surface area contributed by atoms with Crippen LogP contribution in [0.15, 0.2) is 66.8 Å². The van der Waals surface area contributed by atoms with Gasteiger partial charge in [-0.05, 0) is 35.1 Å². The number of halogens is 1. The van der Waals surface area contributed by atoms with E-state index in [1.807, 2.05) is 48.6 Å². The van der Waals surface area contributed by atoms with Crippen LogP contribution in [-0.2, 0) is 18.5 Å². The largest absolute Gasteiger partial charge is 0.233 e. The van der Waals surface area contributed by atoms with Crippen LogP contribution in [0.1, 0.15) is 48.9 Å². The van der Waals surface area contributed by atoms with E-state index >= 15 is 4.39 Å². The second-order valence-corrected chi connectivity index (χ2v) is 6.47. The maximum Gasteiger partial charge on any atom is 0.165 e. The van der Waals surface area contributed by atoms with E-state index in [1.54, 1.807) is 0 Å². The summed E-state index contributed by atoms with van der Waals surface area (Å²) in [6, 6.07) is 16.1. The van der Waals surface area contributed by atoms with Crippen molar-refractivity contribution in [2.24, 2.45) is 0 Å². The highest BCUT2D eigenvalue weighted by Gasteiger charge is 2.37. The van der Waals surface area contributed by atoms with Crippen molar-refractivity contribution >= 4 is 5.57 Å². The number of hydrogen-bond donors (Lipinski definition) is 0. The number of benzene rings is 2. The molecule has 0 bridgehead atoms. The van der Waals surface area contributed by atoms with Crippen LogP contribution < -0.4 is 0 Å². The van der Waals surface area contributed by atoms with E-state index in [4.69, 9.17) is 0 Å². The molecule has 0 spiro atoms. The smallest absolute Gasteiger partial charge is 0.165 e. The predicted molar refractivity (Wildman–Crippen MR) is 101 cm³/mol. The molecule has 0 amide bonds. The molecule has 0 saturated heterocycles. The van der Waals surface area contributed by atoms with E-state index in [2.05, 4.69) is 32.0 Å². The predicted octanol–water partition coefficient (Wildman–Crippen LogP) is 6.41. The van der Waals surface area contributed by atoms with Crippen LogP contribution in [0.2, 0.25) is 0 Å². The molecule has 0 N–H and O–H groups in total. The molecule has 1 aliphatic carbocycles. The lowest BCUT2D eigenvalue weighted by Gasteiger charge is -2.31. The molecular formula is C23H25F. The molecule has 1 aliphatic rings. The molecule has 0 saturated carbocycles. The number of allylic oxidation sites excluding steroid dienone is 4. The van der Waals surface area contributed by atoms with Crippen molar-refractivity contribution in [3.8, 4) is 0 Å². The summed E-state index contributed by atoms with van der Waals surface area (Å²) in [6.45, 7) is 4.34. The van der Waals surface area contributed by atoms with Crippen molar-refractivity contribution in [1.82, 2.24) is 0 Å². The molecule has 24 heavy (non-hydrogen) atoms. The standard InChI is InChI=1S/C23H25F/c1-3-10-18-14-15-21(19(4-2)17-18)22-13-8-9-16-23(22,24)20-11-6-5-7-12-20/h5-9,11-15,17H,3-4,10,16H2,1-2H3. The summed E-state index contributed by atoms with van der Waals surface area (Å²) in [5.74, 6) is 0. The minimum atomic E-state index is -1.45. The Bertz CT molecular complexity index is 755. The lowest BCUT2D eigenvalue weighted by atomic mass is 9.77. The third-order valence-corrected chi connectivity index (χ3v) is 4.84. The SMILES string of the molecule is CCCc1ccc(C2=CC=CCC2(F)c2ccccc2)c(CC)c1. The van der Waals surface area contributed by atoms with Crippen molar-refractivity contribution < 1.29 is 4.39 Å². The van der Waals surface area contributed by atoms with Gasteiger partial charge in [-0.2, -0.15) is 0 Å². The van der Waals surface area contributed by atoms with Crippen molar-refractivity contribution in [2.45, 2.75) is 45.2 Å². The van der Waals surface area contributed by atoms with Gasteiger partial charge in [-0.25, -0.2) is 4.39 Å². The van der Waals surface area contributed by atoms with Gasteiger partial charge in [0.05, 0.1) is 0 Å². The van der Waals surface area contributed by atoms with Gasteiger partial charge in [0.15, 0.2) is 5.67 Å². The van der Waals surface area contributed by atoms with Gasteiger partial charge >= 0.3 is 0 Å². The Morgan fingerprint density at radius 3 is 2.54 bits per heavy atom. The molecule has 0 fully saturated rings. The summed E-state index contributed by atoms with van der Waals surface area (Å²) in [5.41, 5.74) is 3.70. The van der Waals surface area contributed by atoms with E-state index in [1.165, 1.54) is 11.1 Å². The molecular weight excluding hydrogens is 295 g/mol. The normalized spacial score (nSPS) is 20.0. The molecule has 3 rings (SSSR count). The minimum Gasteiger partial charge on any atom is -0.233 e. The van der Waals surface area contributed by atoms with Crippen molar-refractivity contribution in [1.29, 1.82) is 0 Å². The molecule has 2 aromatic carbocycles. The van der Waals surface area contributed by atoms with E-state index < -0.39 is 5.67 Å². The van der Waals surface area contributed by atoms with E-state index in [0.717, 1.165) is 36.0 Å². The van der Waals surface area contributed by atoms with Gasteiger partial charge in [0.25, 0.3) is 0 Å². The molecule has 1 atom stereocenters. The number of rotatable bonds is 5. The van der Waals surface area contributed by atoms with Gasteiger partial charge in [0, 0.05) is 12.0 Å². The molecule has 0 heterocycles. The molecule has 0 aromatic heterocycles. The first-order valence-corrected chi connectivity index (χ1v) is 8.93. The van der Waals surface area contributed by atoms with E-state index in [-0.39, 0.29) is 0 Å². The van der Waals surface area contributed by atoms with Gasteiger partial charge in [-0.3, -0.25) is 0 Å². The Kier molecular flexibility index (Phi) is 4.99. The summed E-state index contributed by atoms with van der Waals surface area (Å²) in [4.78, 5) is 0. The fraction of sp³-hybridized carbons (Fsp3) is 0.304. The van der Waals surface area contributed by atoms with Crippen LogP contribution >= 0.6 is 0 Å². The number of aryl methyl sites for hydroxylation is 2. The summed E-state index contributed by atoms with van der Waals surface area (Å²) in [6.07, 6.45) is 9.37. The van der Waals surface area contributed by atoms with Gasteiger partial charge in [0.2, 0.25) is 0 Å². The van der Waals surface area contributed by atoms with Gasteiger partial charge in [-0.15, -0.1) is 0 Å². The highest BCUT2D eigenvalue weighted by Crippen LogP contribution is 2.46. The lowest BCUT2D eigenvalue weighted by molar-refractivity contribution is 0.249. The van der Waals surface area contributed by atoms with Crippen LogP contribution in [0.4, 0.5) is 4.39 Å². The first-order chi connectivity index (χ1) is 11.7. The van der Waals surface area contributed by atoms with Crippen LogP contribution in [0, 0.1) is 0 Å². The van der Waals surface area contributed by atoms with Crippen LogP contribution in [0.3, 0.4) is 0 Å².